The van der Waals surface area contributed by atoms with Crippen molar-refractivity contribution in [2.75, 3.05) is 4.72 Å². The summed E-state index contributed by atoms with van der Waals surface area (Å²) in [6.07, 6.45) is 0. The molecule has 3 N–H and O–H groups in total. The summed E-state index contributed by atoms with van der Waals surface area (Å²) in [4.78, 5) is 11.7. The zero-order valence-corrected chi connectivity index (χ0v) is 13.1. The third-order valence-electron chi connectivity index (χ3n) is 2.61. The molecule has 1 heterocycles. The van der Waals surface area contributed by atoms with Gasteiger partial charge in [0.25, 0.3) is 15.9 Å². The van der Waals surface area contributed by atoms with Gasteiger partial charge in [0.2, 0.25) is 0 Å². The van der Waals surface area contributed by atoms with Crippen molar-refractivity contribution in [1.82, 2.24) is 0 Å². The van der Waals surface area contributed by atoms with Crippen LogP contribution >= 0.6 is 22.9 Å². The normalized spacial score (nSPS) is 11.4. The van der Waals surface area contributed by atoms with E-state index in [1.807, 2.05) is 0 Å². The minimum absolute atomic E-state index is 0.180. The Bertz CT molecular complexity index is 818. The van der Waals surface area contributed by atoms with Crippen LogP contribution in [0.5, 0.6) is 0 Å². The highest BCUT2D eigenvalue weighted by atomic mass is 35.5. The van der Waals surface area contributed by atoms with Crippen LogP contribution in [0.15, 0.2) is 29.2 Å². The quantitative estimate of drug-likeness (QED) is 0.890. The first-order valence-electron chi connectivity index (χ1n) is 5.59. The molecule has 5 nitrogen and oxygen atoms in total. The number of benzene rings is 1. The van der Waals surface area contributed by atoms with Crippen LogP contribution in [0.25, 0.3) is 0 Å². The topological polar surface area (TPSA) is 89.3 Å². The van der Waals surface area contributed by atoms with Gasteiger partial charge in [-0.3, -0.25) is 9.52 Å². The zero-order valence-electron chi connectivity index (χ0n) is 10.7. The van der Waals surface area contributed by atoms with Crippen LogP contribution in [-0.2, 0) is 10.0 Å². The lowest BCUT2D eigenvalue weighted by molar-refractivity contribution is 0.100. The van der Waals surface area contributed by atoms with Gasteiger partial charge in [0.05, 0.1) is 20.5 Å². The van der Waals surface area contributed by atoms with Gasteiger partial charge in [-0.15, -0.1) is 11.3 Å². The van der Waals surface area contributed by atoms with E-state index in [-0.39, 0.29) is 20.5 Å². The summed E-state index contributed by atoms with van der Waals surface area (Å²) in [5.74, 6) is -1.35. The number of thiophene rings is 1. The van der Waals surface area contributed by atoms with Crippen LogP contribution in [0.3, 0.4) is 0 Å². The number of rotatable bonds is 4. The number of halogens is 2. The molecule has 0 fully saturated rings. The Morgan fingerprint density at radius 2 is 2.05 bits per heavy atom. The fraction of sp³-hybridized carbons (Fsp3) is 0.0833. The highest BCUT2D eigenvalue weighted by molar-refractivity contribution is 7.92. The van der Waals surface area contributed by atoms with E-state index in [2.05, 4.69) is 4.72 Å². The number of carbonyl (C=O) groups is 1. The predicted octanol–water partition coefficient (Wildman–Crippen LogP) is 2.75. The molecule has 0 saturated carbocycles. The van der Waals surface area contributed by atoms with Crippen LogP contribution in [0.4, 0.5) is 10.1 Å². The standard InChI is InChI=1S/C12H10ClFN2O3S2/c1-6-10(5-11(20-6)12(15)17)16-21(18,19)7-2-3-9(14)8(13)4-7/h2-5,16H,1H3,(H2,15,17). The molecule has 0 spiro atoms. The number of carbonyl (C=O) groups excluding carboxylic acids is 1. The number of sulfonamides is 1. The molecule has 0 unspecified atom stereocenters. The van der Waals surface area contributed by atoms with Crippen molar-refractivity contribution in [3.63, 3.8) is 0 Å². The van der Waals surface area contributed by atoms with Crippen LogP contribution < -0.4 is 10.5 Å². The maximum Gasteiger partial charge on any atom is 0.261 e. The number of hydrogen-bond acceptors (Lipinski definition) is 4. The molecule has 0 aliphatic heterocycles. The van der Waals surface area contributed by atoms with E-state index in [4.69, 9.17) is 17.3 Å². The molecule has 9 heteroatoms. The molecular formula is C12H10ClFN2O3S2. The second-order valence-corrected chi connectivity index (χ2v) is 7.47. The van der Waals surface area contributed by atoms with E-state index in [0.29, 0.717) is 4.88 Å². The Morgan fingerprint density at radius 1 is 1.38 bits per heavy atom. The first-order valence-corrected chi connectivity index (χ1v) is 8.26. The van der Waals surface area contributed by atoms with Crippen molar-refractivity contribution in [3.8, 4) is 0 Å². The lowest BCUT2D eigenvalue weighted by Crippen LogP contribution is -2.13. The van der Waals surface area contributed by atoms with E-state index in [1.54, 1.807) is 6.92 Å². The molecule has 0 aliphatic carbocycles. The lowest BCUT2D eigenvalue weighted by Gasteiger charge is -2.08. The molecule has 0 atom stereocenters. The molecule has 0 bridgehead atoms. The van der Waals surface area contributed by atoms with Gasteiger partial charge in [0.15, 0.2) is 0 Å². The number of nitrogens with two attached hydrogens (primary N) is 1. The van der Waals surface area contributed by atoms with E-state index in [1.165, 1.54) is 6.07 Å². The SMILES string of the molecule is Cc1sc(C(N)=O)cc1NS(=O)(=O)c1ccc(F)c(Cl)c1. The maximum absolute atomic E-state index is 13.1. The summed E-state index contributed by atoms with van der Waals surface area (Å²) in [5.41, 5.74) is 5.39. The predicted molar refractivity (Wildman–Crippen MR) is 79.8 cm³/mol. The van der Waals surface area contributed by atoms with Gasteiger partial charge < -0.3 is 5.73 Å². The van der Waals surface area contributed by atoms with Gasteiger partial charge in [-0.05, 0) is 31.2 Å². The first-order chi connectivity index (χ1) is 9.70. The van der Waals surface area contributed by atoms with Crippen molar-refractivity contribution < 1.29 is 17.6 Å². The second-order valence-electron chi connectivity index (χ2n) is 4.13. The summed E-state index contributed by atoms with van der Waals surface area (Å²) >= 11 is 6.65. The zero-order chi connectivity index (χ0) is 15.8. The van der Waals surface area contributed by atoms with Gasteiger partial charge in [-0.2, -0.15) is 0 Å². The van der Waals surface area contributed by atoms with Gasteiger partial charge in [0, 0.05) is 4.88 Å². The minimum atomic E-state index is -3.93. The summed E-state index contributed by atoms with van der Waals surface area (Å²) in [6, 6.07) is 4.42. The van der Waals surface area contributed by atoms with Crippen molar-refractivity contribution in [2.24, 2.45) is 5.73 Å². The number of aryl methyl sites for hydroxylation is 1. The Morgan fingerprint density at radius 3 is 2.57 bits per heavy atom. The molecule has 0 aliphatic rings. The van der Waals surface area contributed by atoms with Crippen LogP contribution in [0.1, 0.15) is 14.5 Å². The molecule has 1 amide bonds. The molecule has 2 aromatic rings. The number of nitrogens with one attached hydrogen (secondary N) is 1. The highest BCUT2D eigenvalue weighted by Crippen LogP contribution is 2.29. The number of anilines is 1. The number of amides is 1. The summed E-state index contributed by atoms with van der Waals surface area (Å²) in [7, 11) is -3.93. The van der Waals surface area contributed by atoms with E-state index in [9.17, 15) is 17.6 Å². The molecule has 21 heavy (non-hydrogen) atoms. The third kappa shape index (κ3) is 3.34. The smallest absolute Gasteiger partial charge is 0.261 e. The summed E-state index contributed by atoms with van der Waals surface area (Å²) in [5, 5.41) is -0.294. The molecule has 1 aromatic carbocycles. The van der Waals surface area contributed by atoms with Gasteiger partial charge in [-0.1, -0.05) is 11.6 Å². The average molecular weight is 349 g/mol. The maximum atomic E-state index is 13.1. The number of hydrogen-bond donors (Lipinski definition) is 2. The van der Waals surface area contributed by atoms with Crippen molar-refractivity contribution >= 4 is 44.6 Å². The second kappa shape index (κ2) is 5.63. The molecule has 1 aromatic heterocycles. The molecule has 2 rings (SSSR count). The Hall–Kier alpha value is -1.64. The largest absolute Gasteiger partial charge is 0.365 e. The summed E-state index contributed by atoms with van der Waals surface area (Å²) in [6.45, 7) is 1.65. The van der Waals surface area contributed by atoms with E-state index >= 15 is 0 Å². The highest BCUT2D eigenvalue weighted by Gasteiger charge is 2.19. The van der Waals surface area contributed by atoms with Crippen molar-refractivity contribution in [1.29, 1.82) is 0 Å². The van der Waals surface area contributed by atoms with E-state index in [0.717, 1.165) is 29.5 Å². The monoisotopic (exact) mass is 348 g/mol. The molecule has 0 saturated heterocycles. The molecule has 0 radical (unpaired) electrons. The fourth-order valence-electron chi connectivity index (χ4n) is 1.55. The third-order valence-corrected chi connectivity index (χ3v) is 5.32. The van der Waals surface area contributed by atoms with Gasteiger partial charge >= 0.3 is 0 Å². The Labute approximate surface area is 129 Å². The average Bonchev–Trinajstić information content (AvgIpc) is 2.74. The van der Waals surface area contributed by atoms with Crippen molar-refractivity contribution in [2.45, 2.75) is 11.8 Å². The molecule has 112 valence electrons. The Balaban J connectivity index is 2.37. The van der Waals surface area contributed by atoms with Crippen LogP contribution in [0.2, 0.25) is 5.02 Å². The first kappa shape index (κ1) is 15.7. The van der Waals surface area contributed by atoms with Gasteiger partial charge in [0.1, 0.15) is 5.82 Å². The van der Waals surface area contributed by atoms with Crippen LogP contribution in [0, 0.1) is 12.7 Å². The fourth-order valence-corrected chi connectivity index (χ4v) is 3.83. The van der Waals surface area contributed by atoms with Crippen molar-refractivity contribution in [3.05, 3.63) is 44.9 Å². The number of primary amides is 1. The lowest BCUT2D eigenvalue weighted by atomic mass is 10.3. The van der Waals surface area contributed by atoms with Crippen LogP contribution in [-0.4, -0.2) is 14.3 Å². The minimum Gasteiger partial charge on any atom is -0.365 e. The Kier molecular flexibility index (Phi) is 4.22. The summed E-state index contributed by atoms with van der Waals surface area (Å²) < 4.78 is 39.8. The molecular weight excluding hydrogens is 339 g/mol. The van der Waals surface area contributed by atoms with E-state index < -0.39 is 21.7 Å². The van der Waals surface area contributed by atoms with Gasteiger partial charge in [-0.25, -0.2) is 12.8 Å².